The average molecular weight is 353 g/mol. The van der Waals surface area contributed by atoms with Crippen molar-refractivity contribution in [3.63, 3.8) is 0 Å². The van der Waals surface area contributed by atoms with E-state index in [4.69, 9.17) is 8.94 Å². The molecule has 0 fully saturated rings. The molecule has 0 amide bonds. The molecule has 8 heteroatoms. The number of hydrogen-bond acceptors (Lipinski definition) is 8. The maximum absolute atomic E-state index is 5.34. The van der Waals surface area contributed by atoms with Crippen molar-refractivity contribution in [2.45, 2.75) is 19.5 Å². The minimum Gasteiger partial charge on any atom is -0.461 e. The smallest absolute Gasteiger partial charge is 0.202 e. The summed E-state index contributed by atoms with van der Waals surface area (Å²) < 4.78 is 10.7. The highest BCUT2D eigenvalue weighted by atomic mass is 32.1. The van der Waals surface area contributed by atoms with Crippen molar-refractivity contribution in [2.24, 2.45) is 0 Å². The Labute approximate surface area is 147 Å². The first-order chi connectivity index (χ1) is 12.4. The van der Waals surface area contributed by atoms with Crippen LogP contribution in [0.3, 0.4) is 0 Å². The molecule has 7 nitrogen and oxygen atoms in total. The Morgan fingerprint density at radius 1 is 1.28 bits per heavy atom. The fourth-order valence-corrected chi connectivity index (χ4v) is 4.25. The fourth-order valence-electron chi connectivity index (χ4n) is 3.10. The molecule has 5 rings (SSSR count). The Hall–Kier alpha value is -2.71. The van der Waals surface area contributed by atoms with Gasteiger partial charge in [0, 0.05) is 17.5 Å². The van der Waals surface area contributed by atoms with Gasteiger partial charge < -0.3 is 19.6 Å². The summed E-state index contributed by atoms with van der Waals surface area (Å²) in [5.74, 6) is 2.14. The third-order valence-corrected chi connectivity index (χ3v) is 5.41. The number of furan rings is 1. The summed E-state index contributed by atoms with van der Waals surface area (Å²) in [5.41, 5.74) is 2.15. The molecule has 0 bridgehead atoms. The summed E-state index contributed by atoms with van der Waals surface area (Å²) in [4.78, 5) is 11.3. The third kappa shape index (κ3) is 2.59. The highest BCUT2D eigenvalue weighted by molar-refractivity contribution is 7.18. The van der Waals surface area contributed by atoms with Crippen LogP contribution in [0.5, 0.6) is 0 Å². The molecule has 1 aliphatic heterocycles. The van der Waals surface area contributed by atoms with E-state index in [0.717, 1.165) is 41.2 Å². The summed E-state index contributed by atoms with van der Waals surface area (Å²) in [6.07, 6.45) is 4.23. The third-order valence-electron chi connectivity index (χ3n) is 4.27. The van der Waals surface area contributed by atoms with Crippen molar-refractivity contribution in [2.75, 3.05) is 11.9 Å². The molecule has 5 heterocycles. The molecule has 0 unspecified atom stereocenters. The number of aromatic nitrogens is 3. The van der Waals surface area contributed by atoms with Gasteiger partial charge in [-0.25, -0.2) is 9.97 Å². The lowest BCUT2D eigenvalue weighted by Crippen LogP contribution is -2.22. The van der Waals surface area contributed by atoms with Gasteiger partial charge in [0.1, 0.15) is 22.7 Å². The van der Waals surface area contributed by atoms with Gasteiger partial charge >= 0.3 is 0 Å². The molecular formula is C17H15N5O2S. The van der Waals surface area contributed by atoms with Crippen molar-refractivity contribution in [1.29, 1.82) is 0 Å². The van der Waals surface area contributed by atoms with Gasteiger partial charge in [0.2, 0.25) is 5.76 Å². The minimum absolute atomic E-state index is 0.527. The molecule has 4 aromatic heterocycles. The molecule has 0 aliphatic carbocycles. The first-order valence-corrected chi connectivity index (χ1v) is 8.89. The maximum atomic E-state index is 5.34. The van der Waals surface area contributed by atoms with Crippen molar-refractivity contribution < 1.29 is 8.94 Å². The van der Waals surface area contributed by atoms with Crippen LogP contribution in [0.25, 0.3) is 21.7 Å². The zero-order valence-corrected chi connectivity index (χ0v) is 14.1. The van der Waals surface area contributed by atoms with Gasteiger partial charge in [-0.3, -0.25) is 0 Å². The number of rotatable bonds is 4. The van der Waals surface area contributed by atoms with Crippen LogP contribution in [0, 0.1) is 0 Å². The van der Waals surface area contributed by atoms with Crippen molar-refractivity contribution in [1.82, 2.24) is 20.4 Å². The van der Waals surface area contributed by atoms with Crippen molar-refractivity contribution in [3.05, 3.63) is 46.9 Å². The Morgan fingerprint density at radius 2 is 2.28 bits per heavy atom. The first-order valence-electron chi connectivity index (χ1n) is 8.08. The molecular weight excluding hydrogens is 338 g/mol. The zero-order chi connectivity index (χ0) is 16.6. The second-order valence-electron chi connectivity index (χ2n) is 5.85. The molecule has 0 saturated carbocycles. The molecule has 25 heavy (non-hydrogen) atoms. The summed E-state index contributed by atoms with van der Waals surface area (Å²) in [6, 6.07) is 5.54. The predicted octanol–water partition coefficient (Wildman–Crippen LogP) is 3.20. The maximum Gasteiger partial charge on any atom is 0.202 e. The lowest BCUT2D eigenvalue weighted by molar-refractivity contribution is 0.411. The summed E-state index contributed by atoms with van der Waals surface area (Å²) in [5, 5.41) is 12.0. The Balaban J connectivity index is 1.42. The van der Waals surface area contributed by atoms with Crippen LogP contribution in [-0.2, 0) is 19.5 Å². The standard InChI is InChI=1S/C17H15N5O2S/c1-2-12(23-5-1)13-6-10(22-24-13)7-19-16-15-11-3-4-18-8-14(11)25-17(15)21-9-20-16/h1-2,5-6,9,18H,3-4,7-8H2,(H,19,20,21). The van der Waals surface area contributed by atoms with Crippen molar-refractivity contribution in [3.8, 4) is 11.5 Å². The van der Waals surface area contributed by atoms with E-state index in [1.807, 2.05) is 18.2 Å². The van der Waals surface area contributed by atoms with E-state index in [1.165, 1.54) is 10.4 Å². The number of thiophene rings is 1. The van der Waals surface area contributed by atoms with E-state index in [2.05, 4.69) is 25.8 Å². The van der Waals surface area contributed by atoms with Crippen LogP contribution >= 0.6 is 11.3 Å². The summed E-state index contributed by atoms with van der Waals surface area (Å²) in [6.45, 7) is 2.42. The number of hydrogen-bond donors (Lipinski definition) is 2. The molecule has 0 atom stereocenters. The van der Waals surface area contributed by atoms with Crippen LogP contribution in [-0.4, -0.2) is 21.7 Å². The second kappa shape index (κ2) is 5.98. The fraction of sp³-hybridized carbons (Fsp3) is 0.235. The highest BCUT2D eigenvalue weighted by Gasteiger charge is 2.19. The topological polar surface area (TPSA) is 89.0 Å². The van der Waals surface area contributed by atoms with Crippen LogP contribution in [0.2, 0.25) is 0 Å². The van der Waals surface area contributed by atoms with Crippen LogP contribution in [0.4, 0.5) is 5.82 Å². The molecule has 0 saturated heterocycles. The molecule has 126 valence electrons. The number of nitrogens with one attached hydrogen (secondary N) is 2. The minimum atomic E-state index is 0.527. The highest BCUT2D eigenvalue weighted by Crippen LogP contribution is 2.35. The van der Waals surface area contributed by atoms with E-state index in [0.29, 0.717) is 18.1 Å². The average Bonchev–Trinajstić information content (AvgIpc) is 3.37. The van der Waals surface area contributed by atoms with Crippen LogP contribution in [0.15, 0.2) is 39.7 Å². The van der Waals surface area contributed by atoms with Gasteiger partial charge in [-0.1, -0.05) is 5.16 Å². The predicted molar refractivity (Wildman–Crippen MR) is 94.4 cm³/mol. The quantitative estimate of drug-likeness (QED) is 0.582. The van der Waals surface area contributed by atoms with Crippen LogP contribution in [0.1, 0.15) is 16.1 Å². The summed E-state index contributed by atoms with van der Waals surface area (Å²) in [7, 11) is 0. The van der Waals surface area contributed by atoms with Gasteiger partial charge in [-0.2, -0.15) is 0 Å². The molecule has 0 aromatic carbocycles. The monoisotopic (exact) mass is 353 g/mol. The van der Waals surface area contributed by atoms with E-state index in [1.54, 1.807) is 23.9 Å². The molecule has 4 aromatic rings. The van der Waals surface area contributed by atoms with Gasteiger partial charge in [0.15, 0.2) is 5.76 Å². The lowest BCUT2D eigenvalue weighted by Gasteiger charge is -2.13. The van der Waals surface area contributed by atoms with Crippen molar-refractivity contribution >= 4 is 27.4 Å². The van der Waals surface area contributed by atoms with E-state index in [9.17, 15) is 0 Å². The SMILES string of the molecule is c1coc(-c2cc(CNc3ncnc4sc5c(c34)CCNC5)no2)c1. The molecule has 0 radical (unpaired) electrons. The lowest BCUT2D eigenvalue weighted by atomic mass is 10.1. The normalized spacial score (nSPS) is 13.9. The van der Waals surface area contributed by atoms with E-state index < -0.39 is 0 Å². The molecule has 0 spiro atoms. The Kier molecular flexibility index (Phi) is 3.50. The number of nitrogens with zero attached hydrogens (tertiary/aromatic N) is 3. The van der Waals surface area contributed by atoms with Gasteiger partial charge in [-0.05, 0) is 30.7 Å². The van der Waals surface area contributed by atoms with Gasteiger partial charge in [-0.15, -0.1) is 11.3 Å². The molecule has 2 N–H and O–H groups in total. The first kappa shape index (κ1) is 14.6. The van der Waals surface area contributed by atoms with Gasteiger partial charge in [0.05, 0.1) is 18.2 Å². The largest absolute Gasteiger partial charge is 0.461 e. The van der Waals surface area contributed by atoms with Gasteiger partial charge in [0.25, 0.3) is 0 Å². The Bertz CT molecular complexity index is 1020. The molecule has 1 aliphatic rings. The van der Waals surface area contributed by atoms with Crippen LogP contribution < -0.4 is 10.6 Å². The van der Waals surface area contributed by atoms with E-state index >= 15 is 0 Å². The second-order valence-corrected chi connectivity index (χ2v) is 6.93. The Morgan fingerprint density at radius 3 is 3.20 bits per heavy atom. The number of anilines is 1. The summed E-state index contributed by atoms with van der Waals surface area (Å²) >= 11 is 1.74. The van der Waals surface area contributed by atoms with E-state index in [-0.39, 0.29) is 0 Å². The zero-order valence-electron chi connectivity index (χ0n) is 13.3. The number of fused-ring (bicyclic) bond motifs is 3.